The fraction of sp³-hybridized carbons (Fsp3) is 0.500. The van der Waals surface area contributed by atoms with Crippen LogP contribution in [0.25, 0.3) is 0 Å². The van der Waals surface area contributed by atoms with Crippen molar-refractivity contribution in [2.75, 3.05) is 18.8 Å². The number of hydrogen-bond donors (Lipinski definition) is 2. The van der Waals surface area contributed by atoms with E-state index in [2.05, 4.69) is 15.0 Å². The smallest absolute Gasteiger partial charge is 0.211 e. The van der Waals surface area contributed by atoms with Gasteiger partial charge in [0.25, 0.3) is 0 Å². The Hall–Kier alpha value is -0.980. The molecule has 0 radical (unpaired) electrons. The molecule has 1 heterocycles. The second-order valence-electron chi connectivity index (χ2n) is 3.33. The van der Waals surface area contributed by atoms with Crippen molar-refractivity contribution in [3.8, 4) is 0 Å². The lowest BCUT2D eigenvalue weighted by molar-refractivity contribution is 0.577. The molecular formula is C10H17N3O2S. The first kappa shape index (κ1) is 13.1. The van der Waals surface area contributed by atoms with Crippen LogP contribution in [-0.4, -0.2) is 32.2 Å². The zero-order chi connectivity index (χ0) is 11.9. The van der Waals surface area contributed by atoms with Crippen molar-refractivity contribution < 1.29 is 8.42 Å². The maximum atomic E-state index is 11.1. The molecule has 6 heteroatoms. The predicted octanol–water partition coefficient (Wildman–Crippen LogP) is 0.111. The van der Waals surface area contributed by atoms with Crippen molar-refractivity contribution >= 4 is 10.0 Å². The number of nitrogens with zero attached hydrogens (tertiary/aromatic N) is 1. The summed E-state index contributed by atoms with van der Waals surface area (Å²) in [7, 11) is -3.06. The Morgan fingerprint density at radius 3 is 2.56 bits per heavy atom. The molecule has 1 rings (SSSR count). The molecule has 0 bridgehead atoms. The van der Waals surface area contributed by atoms with Crippen LogP contribution in [0, 0.1) is 0 Å². The van der Waals surface area contributed by atoms with E-state index in [1.807, 2.05) is 12.1 Å². The van der Waals surface area contributed by atoms with Crippen LogP contribution in [-0.2, 0) is 16.6 Å². The Morgan fingerprint density at radius 2 is 1.94 bits per heavy atom. The van der Waals surface area contributed by atoms with Crippen molar-refractivity contribution in [3.63, 3.8) is 0 Å². The average Bonchev–Trinajstić information content (AvgIpc) is 2.30. The number of nitrogens with one attached hydrogen (secondary N) is 2. The van der Waals surface area contributed by atoms with E-state index in [-0.39, 0.29) is 5.75 Å². The van der Waals surface area contributed by atoms with Gasteiger partial charge in [-0.05, 0) is 24.6 Å². The molecule has 90 valence electrons. The van der Waals surface area contributed by atoms with E-state index >= 15 is 0 Å². The summed E-state index contributed by atoms with van der Waals surface area (Å²) in [4.78, 5) is 3.91. The number of rotatable bonds is 7. The quantitative estimate of drug-likeness (QED) is 0.667. The highest BCUT2D eigenvalue weighted by Gasteiger charge is 2.03. The number of pyridine rings is 1. The molecule has 0 saturated carbocycles. The van der Waals surface area contributed by atoms with Crippen molar-refractivity contribution in [1.82, 2.24) is 15.0 Å². The van der Waals surface area contributed by atoms with Crippen molar-refractivity contribution in [1.29, 1.82) is 0 Å². The number of hydrogen-bond acceptors (Lipinski definition) is 4. The van der Waals surface area contributed by atoms with Gasteiger partial charge in [-0.15, -0.1) is 0 Å². The number of aromatic nitrogens is 1. The highest BCUT2D eigenvalue weighted by atomic mass is 32.2. The third-order valence-electron chi connectivity index (χ3n) is 2.08. The molecular weight excluding hydrogens is 226 g/mol. The van der Waals surface area contributed by atoms with Gasteiger partial charge < -0.3 is 5.32 Å². The van der Waals surface area contributed by atoms with Crippen LogP contribution in [0.5, 0.6) is 0 Å². The van der Waals surface area contributed by atoms with Gasteiger partial charge in [0.2, 0.25) is 10.0 Å². The van der Waals surface area contributed by atoms with E-state index in [0.29, 0.717) is 13.1 Å². The van der Waals surface area contributed by atoms with Gasteiger partial charge in [0, 0.05) is 32.0 Å². The molecule has 5 nitrogen and oxygen atoms in total. The molecule has 0 fully saturated rings. The van der Waals surface area contributed by atoms with Crippen molar-refractivity contribution in [2.24, 2.45) is 0 Å². The van der Waals surface area contributed by atoms with Gasteiger partial charge in [-0.3, -0.25) is 4.98 Å². The largest absolute Gasteiger partial charge is 0.311 e. The summed E-state index contributed by atoms with van der Waals surface area (Å²) in [6.07, 6.45) is 3.47. The third kappa shape index (κ3) is 5.20. The highest BCUT2D eigenvalue weighted by Crippen LogP contribution is 1.93. The lowest BCUT2D eigenvalue weighted by atomic mass is 10.3. The van der Waals surface area contributed by atoms with E-state index in [1.54, 1.807) is 19.3 Å². The minimum Gasteiger partial charge on any atom is -0.311 e. The third-order valence-corrected chi connectivity index (χ3v) is 3.49. The van der Waals surface area contributed by atoms with E-state index in [0.717, 1.165) is 12.1 Å². The molecule has 0 aliphatic carbocycles. The zero-order valence-electron chi connectivity index (χ0n) is 9.31. The second kappa shape index (κ2) is 6.57. The summed E-state index contributed by atoms with van der Waals surface area (Å²) in [5.74, 6) is 0.122. The SMILES string of the molecule is CCS(=O)(=O)NCCNCc1ccncc1. The minimum atomic E-state index is -3.06. The number of sulfonamides is 1. The average molecular weight is 243 g/mol. The first-order valence-electron chi connectivity index (χ1n) is 5.21. The van der Waals surface area contributed by atoms with Crippen LogP contribution in [0.4, 0.5) is 0 Å². The fourth-order valence-corrected chi connectivity index (χ4v) is 1.75. The van der Waals surface area contributed by atoms with Gasteiger partial charge in [0.05, 0.1) is 5.75 Å². The fourth-order valence-electron chi connectivity index (χ4n) is 1.13. The lowest BCUT2D eigenvalue weighted by Gasteiger charge is -2.06. The molecule has 0 atom stereocenters. The lowest BCUT2D eigenvalue weighted by Crippen LogP contribution is -2.32. The summed E-state index contributed by atoms with van der Waals surface area (Å²) in [5, 5.41) is 3.14. The molecule has 1 aromatic rings. The van der Waals surface area contributed by atoms with Crippen LogP contribution in [0.2, 0.25) is 0 Å². The Bertz CT molecular complexity index is 392. The first-order valence-corrected chi connectivity index (χ1v) is 6.86. The standard InChI is InChI=1S/C10H17N3O2S/c1-2-16(14,15)13-8-7-12-9-10-3-5-11-6-4-10/h3-6,12-13H,2,7-9H2,1H3. The Morgan fingerprint density at radius 1 is 1.25 bits per heavy atom. The topological polar surface area (TPSA) is 71.1 Å². The normalized spacial score (nSPS) is 11.6. The van der Waals surface area contributed by atoms with Crippen LogP contribution in [0.1, 0.15) is 12.5 Å². The maximum absolute atomic E-state index is 11.1. The molecule has 0 aromatic carbocycles. The van der Waals surface area contributed by atoms with Gasteiger partial charge in [-0.1, -0.05) is 0 Å². The van der Waals surface area contributed by atoms with Gasteiger partial charge in [-0.25, -0.2) is 13.1 Å². The van der Waals surface area contributed by atoms with Crippen molar-refractivity contribution in [3.05, 3.63) is 30.1 Å². The van der Waals surface area contributed by atoms with Gasteiger partial charge in [0.15, 0.2) is 0 Å². The molecule has 1 aromatic heterocycles. The highest BCUT2D eigenvalue weighted by molar-refractivity contribution is 7.89. The van der Waals surface area contributed by atoms with Crippen LogP contribution >= 0.6 is 0 Å². The van der Waals surface area contributed by atoms with E-state index in [1.165, 1.54) is 0 Å². The van der Waals surface area contributed by atoms with Gasteiger partial charge in [0.1, 0.15) is 0 Å². The Kier molecular flexibility index (Phi) is 5.37. The molecule has 0 spiro atoms. The molecule has 0 aliphatic rings. The van der Waals surface area contributed by atoms with Crippen LogP contribution in [0.3, 0.4) is 0 Å². The summed E-state index contributed by atoms with van der Waals surface area (Å²) in [6, 6.07) is 3.84. The molecule has 16 heavy (non-hydrogen) atoms. The second-order valence-corrected chi connectivity index (χ2v) is 5.43. The molecule has 0 amide bonds. The van der Waals surface area contributed by atoms with Crippen LogP contribution in [0.15, 0.2) is 24.5 Å². The summed E-state index contributed by atoms with van der Waals surface area (Å²) < 4.78 is 24.7. The Labute approximate surface area is 96.3 Å². The van der Waals surface area contributed by atoms with Crippen LogP contribution < -0.4 is 10.0 Å². The van der Waals surface area contributed by atoms with Gasteiger partial charge >= 0.3 is 0 Å². The minimum absolute atomic E-state index is 0.122. The Balaban J connectivity index is 2.14. The summed E-state index contributed by atoms with van der Waals surface area (Å²) in [6.45, 7) is 3.37. The molecule has 0 saturated heterocycles. The molecule has 0 aliphatic heterocycles. The predicted molar refractivity (Wildman–Crippen MR) is 63.4 cm³/mol. The monoisotopic (exact) mass is 243 g/mol. The van der Waals surface area contributed by atoms with Crippen molar-refractivity contribution in [2.45, 2.75) is 13.5 Å². The molecule has 0 unspecified atom stereocenters. The molecule has 2 N–H and O–H groups in total. The first-order chi connectivity index (χ1) is 7.64. The zero-order valence-corrected chi connectivity index (χ0v) is 10.1. The van der Waals surface area contributed by atoms with E-state index < -0.39 is 10.0 Å². The summed E-state index contributed by atoms with van der Waals surface area (Å²) >= 11 is 0. The summed E-state index contributed by atoms with van der Waals surface area (Å²) in [5.41, 5.74) is 1.13. The van der Waals surface area contributed by atoms with Gasteiger partial charge in [-0.2, -0.15) is 0 Å². The maximum Gasteiger partial charge on any atom is 0.211 e. The van der Waals surface area contributed by atoms with E-state index in [9.17, 15) is 8.42 Å². The van der Waals surface area contributed by atoms with E-state index in [4.69, 9.17) is 0 Å².